The summed E-state index contributed by atoms with van der Waals surface area (Å²) in [5.74, 6) is 3.44. The molecule has 1 unspecified atom stereocenters. The second-order valence-corrected chi connectivity index (χ2v) is 8.63. The Morgan fingerprint density at radius 3 is 2.51 bits per heavy atom. The topological polar surface area (TPSA) is 107 Å². The Kier molecular flexibility index (Phi) is 8.50. The van der Waals surface area contributed by atoms with Gasteiger partial charge < -0.3 is 34.5 Å². The molecule has 2 heterocycles. The predicted molar refractivity (Wildman–Crippen MR) is 141 cm³/mol. The lowest BCUT2D eigenvalue weighted by molar-refractivity contribution is -0.125. The third kappa shape index (κ3) is 6.32. The Labute approximate surface area is 216 Å². The van der Waals surface area contributed by atoms with Crippen molar-refractivity contribution in [3.8, 4) is 23.0 Å². The molecule has 0 aliphatic carbocycles. The van der Waals surface area contributed by atoms with Crippen LogP contribution >= 0.6 is 0 Å². The van der Waals surface area contributed by atoms with E-state index >= 15 is 0 Å². The van der Waals surface area contributed by atoms with Crippen LogP contribution in [0.25, 0.3) is 0 Å². The van der Waals surface area contributed by atoms with Gasteiger partial charge in [0.05, 0.1) is 34.4 Å². The molecule has 1 aromatic heterocycles. The van der Waals surface area contributed by atoms with Crippen molar-refractivity contribution < 1.29 is 23.7 Å². The van der Waals surface area contributed by atoms with E-state index in [0.29, 0.717) is 42.0 Å². The van der Waals surface area contributed by atoms with Crippen molar-refractivity contribution in [2.24, 2.45) is 5.92 Å². The number of carbonyl (C=O) groups is 1. The molecule has 1 atom stereocenters. The van der Waals surface area contributed by atoms with Crippen LogP contribution < -0.4 is 34.5 Å². The van der Waals surface area contributed by atoms with Gasteiger partial charge in [0, 0.05) is 43.7 Å². The summed E-state index contributed by atoms with van der Waals surface area (Å²) in [6, 6.07) is 13.1. The minimum Gasteiger partial charge on any atom is -0.497 e. The lowest BCUT2D eigenvalue weighted by Crippen LogP contribution is -2.43. The maximum atomic E-state index is 12.9. The highest BCUT2D eigenvalue weighted by atomic mass is 16.5. The van der Waals surface area contributed by atoms with Crippen LogP contribution in [0.5, 0.6) is 23.0 Å². The smallest absolute Gasteiger partial charge is 0.229 e. The van der Waals surface area contributed by atoms with Crippen LogP contribution in [0.4, 0.5) is 17.5 Å². The van der Waals surface area contributed by atoms with E-state index in [1.807, 2.05) is 30.3 Å². The van der Waals surface area contributed by atoms with Crippen molar-refractivity contribution in [1.82, 2.24) is 15.3 Å². The molecule has 0 saturated carbocycles. The normalized spacial score (nSPS) is 15.0. The second kappa shape index (κ2) is 12.2. The summed E-state index contributed by atoms with van der Waals surface area (Å²) in [4.78, 5) is 24.1. The van der Waals surface area contributed by atoms with Crippen LogP contribution in [0, 0.1) is 5.92 Å². The molecule has 1 fully saturated rings. The number of benzene rings is 2. The van der Waals surface area contributed by atoms with Gasteiger partial charge in [0.2, 0.25) is 17.6 Å². The summed E-state index contributed by atoms with van der Waals surface area (Å²) in [5, 5.41) is 6.28. The van der Waals surface area contributed by atoms with Crippen molar-refractivity contribution in [2.75, 3.05) is 51.7 Å². The van der Waals surface area contributed by atoms with Crippen molar-refractivity contribution in [2.45, 2.75) is 19.4 Å². The summed E-state index contributed by atoms with van der Waals surface area (Å²) >= 11 is 0. The van der Waals surface area contributed by atoms with Crippen LogP contribution in [-0.2, 0) is 11.3 Å². The molecule has 0 bridgehead atoms. The summed E-state index contributed by atoms with van der Waals surface area (Å²) in [6.45, 7) is 1.87. The van der Waals surface area contributed by atoms with Gasteiger partial charge in [-0.25, -0.2) is 4.98 Å². The second-order valence-electron chi connectivity index (χ2n) is 8.63. The van der Waals surface area contributed by atoms with Crippen LogP contribution in [0.1, 0.15) is 18.4 Å². The summed E-state index contributed by atoms with van der Waals surface area (Å²) in [7, 11) is 6.33. The van der Waals surface area contributed by atoms with Crippen molar-refractivity contribution in [3.05, 3.63) is 54.2 Å². The van der Waals surface area contributed by atoms with Crippen molar-refractivity contribution in [3.63, 3.8) is 0 Å². The SMILES string of the molecule is COc1cccc(CNC(=O)C2CCCN(c3ccnc(Nc4cc(OC)c(OC)c(OC)c4)n3)C2)c1. The van der Waals surface area contributed by atoms with E-state index in [1.165, 1.54) is 0 Å². The van der Waals surface area contributed by atoms with Gasteiger partial charge in [0.15, 0.2) is 11.5 Å². The Morgan fingerprint density at radius 1 is 1.03 bits per heavy atom. The van der Waals surface area contributed by atoms with Crippen molar-refractivity contribution in [1.29, 1.82) is 0 Å². The zero-order valence-electron chi connectivity index (χ0n) is 21.6. The third-order valence-electron chi connectivity index (χ3n) is 6.28. The van der Waals surface area contributed by atoms with Gasteiger partial charge in [0.25, 0.3) is 0 Å². The number of aromatic nitrogens is 2. The average molecular weight is 508 g/mol. The first kappa shape index (κ1) is 25.9. The number of piperidine rings is 1. The first-order chi connectivity index (χ1) is 18.0. The molecule has 0 spiro atoms. The van der Waals surface area contributed by atoms with Gasteiger partial charge in [0.1, 0.15) is 11.6 Å². The van der Waals surface area contributed by atoms with Gasteiger partial charge in [-0.1, -0.05) is 12.1 Å². The molecule has 1 aliphatic heterocycles. The van der Waals surface area contributed by atoms with Crippen LogP contribution in [0.2, 0.25) is 0 Å². The van der Waals surface area contributed by atoms with E-state index in [9.17, 15) is 4.79 Å². The van der Waals surface area contributed by atoms with Crippen LogP contribution in [-0.4, -0.2) is 57.4 Å². The molecule has 196 valence electrons. The molecule has 10 nitrogen and oxygen atoms in total. The van der Waals surface area contributed by atoms with E-state index in [4.69, 9.17) is 23.9 Å². The molecule has 3 aromatic rings. The third-order valence-corrected chi connectivity index (χ3v) is 6.28. The summed E-state index contributed by atoms with van der Waals surface area (Å²) in [5.41, 5.74) is 1.69. The number of ether oxygens (including phenoxy) is 4. The standard InChI is InChI=1S/C27H33N5O5/c1-34-21-9-5-7-18(13-21)16-29-26(33)19-8-6-12-32(17-19)24-10-11-28-27(31-24)30-20-14-22(35-2)25(37-4)23(15-20)36-3/h5,7,9-11,13-15,19H,6,8,12,16-17H2,1-4H3,(H,29,33)(H,28,30,31). The lowest BCUT2D eigenvalue weighted by Gasteiger charge is -2.33. The highest BCUT2D eigenvalue weighted by molar-refractivity contribution is 5.79. The Morgan fingerprint density at radius 2 is 1.81 bits per heavy atom. The fraction of sp³-hybridized carbons (Fsp3) is 0.370. The minimum absolute atomic E-state index is 0.0392. The van der Waals surface area contributed by atoms with Crippen molar-refractivity contribution >= 4 is 23.4 Å². The predicted octanol–water partition coefficient (Wildman–Crippen LogP) is 3.79. The molecule has 1 saturated heterocycles. The zero-order chi connectivity index (χ0) is 26.2. The van der Waals surface area contributed by atoms with Gasteiger partial charge in [-0.05, 0) is 36.6 Å². The minimum atomic E-state index is -0.124. The number of amides is 1. The zero-order valence-corrected chi connectivity index (χ0v) is 21.6. The molecule has 2 aromatic carbocycles. The van der Waals surface area contributed by atoms with E-state index in [-0.39, 0.29) is 11.8 Å². The average Bonchev–Trinajstić information content (AvgIpc) is 2.95. The van der Waals surface area contributed by atoms with Crippen LogP contribution in [0.3, 0.4) is 0 Å². The van der Waals surface area contributed by atoms with E-state index in [1.54, 1.807) is 46.8 Å². The first-order valence-electron chi connectivity index (χ1n) is 12.1. The summed E-state index contributed by atoms with van der Waals surface area (Å²) < 4.78 is 21.5. The maximum absolute atomic E-state index is 12.9. The number of carbonyl (C=O) groups excluding carboxylic acids is 1. The number of hydrogen-bond acceptors (Lipinski definition) is 9. The summed E-state index contributed by atoms with van der Waals surface area (Å²) in [6.07, 6.45) is 3.44. The maximum Gasteiger partial charge on any atom is 0.229 e. The fourth-order valence-corrected chi connectivity index (χ4v) is 4.38. The van der Waals surface area contributed by atoms with Gasteiger partial charge in [-0.15, -0.1) is 0 Å². The number of anilines is 3. The molecule has 37 heavy (non-hydrogen) atoms. The number of nitrogens with one attached hydrogen (secondary N) is 2. The van der Waals surface area contributed by atoms with E-state index in [2.05, 4.69) is 20.5 Å². The highest BCUT2D eigenvalue weighted by Gasteiger charge is 2.26. The van der Waals surface area contributed by atoms with E-state index < -0.39 is 0 Å². The quantitative estimate of drug-likeness (QED) is 0.424. The Balaban J connectivity index is 1.42. The Bertz CT molecular complexity index is 1200. The van der Waals surface area contributed by atoms with E-state index in [0.717, 1.165) is 36.5 Å². The first-order valence-corrected chi connectivity index (χ1v) is 12.1. The number of rotatable bonds is 10. The molecule has 10 heteroatoms. The molecule has 2 N–H and O–H groups in total. The van der Waals surface area contributed by atoms with Gasteiger partial charge in [-0.3, -0.25) is 4.79 Å². The van der Waals surface area contributed by atoms with Gasteiger partial charge >= 0.3 is 0 Å². The largest absolute Gasteiger partial charge is 0.497 e. The number of nitrogens with zero attached hydrogens (tertiary/aromatic N) is 3. The molecular weight excluding hydrogens is 474 g/mol. The van der Waals surface area contributed by atoms with Crippen LogP contribution in [0.15, 0.2) is 48.7 Å². The Hall–Kier alpha value is -4.21. The monoisotopic (exact) mass is 507 g/mol. The molecule has 1 amide bonds. The molecule has 1 aliphatic rings. The number of methoxy groups -OCH3 is 4. The highest BCUT2D eigenvalue weighted by Crippen LogP contribution is 2.40. The number of hydrogen-bond donors (Lipinski definition) is 2. The molecular formula is C27H33N5O5. The lowest BCUT2D eigenvalue weighted by atomic mass is 9.97. The molecule has 0 radical (unpaired) electrons. The fourth-order valence-electron chi connectivity index (χ4n) is 4.38. The van der Waals surface area contributed by atoms with Gasteiger partial charge in [-0.2, -0.15) is 4.98 Å². The molecule has 4 rings (SSSR count).